The van der Waals surface area contributed by atoms with Crippen LogP contribution in [0.1, 0.15) is 51.2 Å². The molecule has 1 heterocycles. The molecule has 1 unspecified atom stereocenters. The zero-order valence-electron chi connectivity index (χ0n) is 10.2. The minimum Gasteiger partial charge on any atom is -0.478 e. The van der Waals surface area contributed by atoms with Crippen LogP contribution in [0, 0.1) is 0 Å². The van der Waals surface area contributed by atoms with E-state index in [0.717, 1.165) is 5.56 Å². The third-order valence-electron chi connectivity index (χ3n) is 3.47. The van der Waals surface area contributed by atoms with Gasteiger partial charge in [-0.25, -0.2) is 4.79 Å². The van der Waals surface area contributed by atoms with Crippen molar-refractivity contribution < 1.29 is 15.0 Å². The molecule has 0 saturated heterocycles. The summed E-state index contributed by atoms with van der Waals surface area (Å²) in [5, 5.41) is 21.1. The minimum atomic E-state index is -0.995. The van der Waals surface area contributed by atoms with Crippen LogP contribution in [0.15, 0.2) is 35.7 Å². The van der Waals surface area contributed by atoms with Gasteiger partial charge in [0.1, 0.15) is 6.10 Å². The fourth-order valence-corrected chi connectivity index (χ4v) is 3.13. The van der Waals surface area contributed by atoms with E-state index in [2.05, 4.69) is 0 Å². The van der Waals surface area contributed by atoms with E-state index < -0.39 is 12.1 Å². The summed E-state index contributed by atoms with van der Waals surface area (Å²) in [5.74, 6) is -0.313. The Kier molecular flexibility index (Phi) is 3.12. The molecule has 3 rings (SSSR count). The van der Waals surface area contributed by atoms with Crippen molar-refractivity contribution in [3.8, 4) is 0 Å². The standard InChI is InChI=1S/C15H14O3S/c16-13(14-12(15(17)18)7-8-19-14)11-5-3-10(4-6-11)9-1-2-9/h3-9,13,16H,1-2H2,(H,17,18). The summed E-state index contributed by atoms with van der Waals surface area (Å²) in [6.07, 6.45) is 1.63. The molecule has 0 spiro atoms. The van der Waals surface area contributed by atoms with Crippen molar-refractivity contribution in [3.05, 3.63) is 57.3 Å². The van der Waals surface area contributed by atoms with Gasteiger partial charge in [-0.1, -0.05) is 24.3 Å². The number of aromatic carboxylic acids is 1. The fourth-order valence-electron chi connectivity index (χ4n) is 2.23. The van der Waals surface area contributed by atoms with E-state index in [0.29, 0.717) is 10.8 Å². The van der Waals surface area contributed by atoms with Crippen LogP contribution < -0.4 is 0 Å². The number of carbonyl (C=O) groups is 1. The van der Waals surface area contributed by atoms with Crippen LogP contribution in [0.2, 0.25) is 0 Å². The fraction of sp³-hybridized carbons (Fsp3) is 0.267. The second kappa shape index (κ2) is 4.79. The number of rotatable bonds is 4. The number of hydrogen-bond acceptors (Lipinski definition) is 3. The van der Waals surface area contributed by atoms with Gasteiger partial charge in [0.15, 0.2) is 0 Å². The molecule has 4 heteroatoms. The lowest BCUT2D eigenvalue weighted by molar-refractivity contribution is 0.0692. The Balaban J connectivity index is 1.87. The normalized spacial score (nSPS) is 16.3. The first-order chi connectivity index (χ1) is 9.16. The van der Waals surface area contributed by atoms with E-state index in [9.17, 15) is 9.90 Å². The van der Waals surface area contributed by atoms with Crippen LogP contribution in [0.4, 0.5) is 0 Å². The molecule has 1 aliphatic carbocycles. The molecule has 0 aliphatic heterocycles. The molecule has 1 aliphatic rings. The van der Waals surface area contributed by atoms with Gasteiger partial charge in [0.25, 0.3) is 0 Å². The number of carboxylic acid groups (broad SMARTS) is 1. The predicted molar refractivity (Wildman–Crippen MR) is 73.8 cm³/mol. The summed E-state index contributed by atoms with van der Waals surface area (Å²) >= 11 is 1.27. The second-order valence-electron chi connectivity index (χ2n) is 4.85. The molecule has 98 valence electrons. The summed E-state index contributed by atoms with van der Waals surface area (Å²) in [5.41, 5.74) is 2.23. The molecule has 1 aromatic heterocycles. The van der Waals surface area contributed by atoms with Crippen LogP contribution in [0.3, 0.4) is 0 Å². The van der Waals surface area contributed by atoms with E-state index in [1.165, 1.54) is 35.8 Å². The third-order valence-corrected chi connectivity index (χ3v) is 4.44. The molecule has 3 nitrogen and oxygen atoms in total. The average Bonchev–Trinajstić information content (AvgIpc) is 3.14. The van der Waals surface area contributed by atoms with E-state index in [1.807, 2.05) is 24.3 Å². The molecule has 1 saturated carbocycles. The number of carboxylic acids is 1. The molecule has 0 amide bonds. The highest BCUT2D eigenvalue weighted by Crippen LogP contribution is 2.40. The van der Waals surface area contributed by atoms with Gasteiger partial charge in [0.05, 0.1) is 10.4 Å². The van der Waals surface area contributed by atoms with Crippen molar-refractivity contribution in [2.75, 3.05) is 0 Å². The molecule has 2 aromatic rings. The lowest BCUT2D eigenvalue weighted by atomic mass is 10.0. The number of aliphatic hydroxyl groups excluding tert-OH is 1. The topological polar surface area (TPSA) is 57.5 Å². The maximum Gasteiger partial charge on any atom is 0.336 e. The monoisotopic (exact) mass is 274 g/mol. The highest BCUT2D eigenvalue weighted by atomic mass is 32.1. The maximum atomic E-state index is 11.1. The Morgan fingerprint density at radius 3 is 2.47 bits per heavy atom. The Bertz CT molecular complexity index is 596. The van der Waals surface area contributed by atoms with Gasteiger partial charge in [-0.3, -0.25) is 0 Å². The Hall–Kier alpha value is -1.65. The Morgan fingerprint density at radius 1 is 1.21 bits per heavy atom. The summed E-state index contributed by atoms with van der Waals surface area (Å²) in [4.78, 5) is 11.6. The smallest absolute Gasteiger partial charge is 0.336 e. The summed E-state index contributed by atoms with van der Waals surface area (Å²) in [6.45, 7) is 0. The van der Waals surface area contributed by atoms with Gasteiger partial charge < -0.3 is 10.2 Å². The predicted octanol–water partition coefficient (Wildman–Crippen LogP) is 3.41. The first-order valence-electron chi connectivity index (χ1n) is 6.25. The summed E-state index contributed by atoms with van der Waals surface area (Å²) < 4.78 is 0. The Morgan fingerprint density at radius 2 is 1.89 bits per heavy atom. The van der Waals surface area contributed by atoms with Crippen molar-refractivity contribution in [1.82, 2.24) is 0 Å². The quantitative estimate of drug-likeness (QED) is 0.898. The van der Waals surface area contributed by atoms with Crippen LogP contribution in [0.25, 0.3) is 0 Å². The van der Waals surface area contributed by atoms with Crippen molar-refractivity contribution >= 4 is 17.3 Å². The molecule has 1 aromatic carbocycles. The van der Waals surface area contributed by atoms with Crippen molar-refractivity contribution in [2.24, 2.45) is 0 Å². The van der Waals surface area contributed by atoms with Gasteiger partial charge >= 0.3 is 5.97 Å². The maximum absolute atomic E-state index is 11.1. The second-order valence-corrected chi connectivity index (χ2v) is 5.79. The van der Waals surface area contributed by atoms with E-state index >= 15 is 0 Å². The molecule has 19 heavy (non-hydrogen) atoms. The Labute approximate surface area is 115 Å². The largest absolute Gasteiger partial charge is 0.478 e. The van der Waals surface area contributed by atoms with E-state index in [1.54, 1.807) is 5.38 Å². The molecule has 1 atom stereocenters. The summed E-state index contributed by atoms with van der Waals surface area (Å²) in [7, 11) is 0. The van der Waals surface area contributed by atoms with Crippen LogP contribution in [-0.2, 0) is 0 Å². The van der Waals surface area contributed by atoms with Crippen molar-refractivity contribution in [3.63, 3.8) is 0 Å². The molecule has 2 N–H and O–H groups in total. The lowest BCUT2D eigenvalue weighted by Gasteiger charge is -2.11. The van der Waals surface area contributed by atoms with Crippen molar-refractivity contribution in [2.45, 2.75) is 24.9 Å². The molecule has 0 bridgehead atoms. The van der Waals surface area contributed by atoms with Crippen LogP contribution >= 0.6 is 11.3 Å². The average molecular weight is 274 g/mol. The SMILES string of the molecule is O=C(O)c1ccsc1C(O)c1ccc(C2CC2)cc1. The van der Waals surface area contributed by atoms with Gasteiger partial charge in [-0.05, 0) is 41.3 Å². The number of aliphatic hydroxyl groups is 1. The molecular formula is C15H14O3S. The molecular weight excluding hydrogens is 260 g/mol. The van der Waals surface area contributed by atoms with Gasteiger partial charge in [0, 0.05) is 0 Å². The first-order valence-corrected chi connectivity index (χ1v) is 7.13. The minimum absolute atomic E-state index is 0.184. The third kappa shape index (κ3) is 2.41. The van der Waals surface area contributed by atoms with Crippen LogP contribution in [0.5, 0.6) is 0 Å². The highest BCUT2D eigenvalue weighted by Gasteiger charge is 2.24. The van der Waals surface area contributed by atoms with E-state index in [4.69, 9.17) is 5.11 Å². The number of benzene rings is 1. The number of thiophene rings is 1. The van der Waals surface area contributed by atoms with Crippen LogP contribution in [-0.4, -0.2) is 16.2 Å². The van der Waals surface area contributed by atoms with Gasteiger partial charge in [-0.2, -0.15) is 0 Å². The lowest BCUT2D eigenvalue weighted by Crippen LogP contribution is -2.04. The molecule has 0 radical (unpaired) electrons. The summed E-state index contributed by atoms with van der Waals surface area (Å²) in [6, 6.07) is 9.38. The zero-order valence-corrected chi connectivity index (χ0v) is 11.1. The zero-order chi connectivity index (χ0) is 13.4. The van der Waals surface area contributed by atoms with Crippen molar-refractivity contribution in [1.29, 1.82) is 0 Å². The van der Waals surface area contributed by atoms with Gasteiger partial charge in [0.2, 0.25) is 0 Å². The molecule has 1 fully saturated rings. The highest BCUT2D eigenvalue weighted by molar-refractivity contribution is 7.10. The van der Waals surface area contributed by atoms with Gasteiger partial charge in [-0.15, -0.1) is 11.3 Å². The first kappa shape index (κ1) is 12.4. The van der Waals surface area contributed by atoms with E-state index in [-0.39, 0.29) is 5.56 Å². The number of hydrogen-bond donors (Lipinski definition) is 2.